The zero-order chi connectivity index (χ0) is 28.5. The molecule has 0 radical (unpaired) electrons. The van der Waals surface area contributed by atoms with Crippen molar-refractivity contribution in [2.75, 3.05) is 0 Å². The molecule has 4 fully saturated rings. The second-order valence-electron chi connectivity index (χ2n) is 13.8. The fraction of sp³-hybridized carbons (Fsp3) is 0.667. The standard InChI is InChI=1S/C36H52O4/c1-5-6-7-9-26-20-34(40-23-26)36(18-19-36)33(39)16-11-24(2)30-14-15-31-27(10-8-17-35(30,31)4)12-13-28-21-29(37)22-32(38)25(28)3/h11-13,16,20,23-24,29-33,37-39H,3,5-10,14-15,17-19,21-22H2,1-2,4H3/t24-,29-,30-,31+,32+,33-,35-/m1/s1. The highest BCUT2D eigenvalue weighted by Gasteiger charge is 2.53. The SMILES string of the molecule is C=C1C(=CC=C2CCC[C@]3(C)[C@@H]([C@H](C)C=C[C@@H](O)C4(c5cc(CCCCC)co5)CC4)CC[C@@H]23)C[C@@H](O)C[C@@H]1O. The number of hydrogen-bond acceptors (Lipinski definition) is 4. The summed E-state index contributed by atoms with van der Waals surface area (Å²) in [5.74, 6) is 2.53. The molecular weight excluding hydrogens is 496 g/mol. The summed E-state index contributed by atoms with van der Waals surface area (Å²) in [6.07, 6.45) is 22.7. The van der Waals surface area contributed by atoms with Crippen molar-refractivity contribution >= 4 is 0 Å². The lowest BCUT2D eigenvalue weighted by Crippen LogP contribution is -2.35. The Morgan fingerprint density at radius 2 is 1.93 bits per heavy atom. The first-order valence-corrected chi connectivity index (χ1v) is 16.1. The molecule has 7 atom stereocenters. The average Bonchev–Trinajstić information content (AvgIpc) is 3.46. The number of rotatable bonds is 10. The highest BCUT2D eigenvalue weighted by molar-refractivity contribution is 5.39. The summed E-state index contributed by atoms with van der Waals surface area (Å²) < 4.78 is 6.00. The third-order valence-corrected chi connectivity index (χ3v) is 11.1. The van der Waals surface area contributed by atoms with Crippen LogP contribution < -0.4 is 0 Å². The minimum Gasteiger partial charge on any atom is -0.468 e. The van der Waals surface area contributed by atoms with Crippen LogP contribution in [0.3, 0.4) is 0 Å². The van der Waals surface area contributed by atoms with Crippen LogP contribution in [0.15, 0.2) is 64.3 Å². The van der Waals surface area contributed by atoms with Crippen LogP contribution in [0, 0.1) is 23.2 Å². The van der Waals surface area contributed by atoms with Gasteiger partial charge in [0.05, 0.1) is 30.0 Å². The summed E-state index contributed by atoms with van der Waals surface area (Å²) >= 11 is 0. The Balaban J connectivity index is 1.24. The van der Waals surface area contributed by atoms with Crippen molar-refractivity contribution in [3.63, 3.8) is 0 Å². The molecule has 0 unspecified atom stereocenters. The van der Waals surface area contributed by atoms with Gasteiger partial charge in [0, 0.05) is 6.42 Å². The number of unbranched alkanes of at least 4 members (excludes halogenated alkanes) is 2. The van der Waals surface area contributed by atoms with Crippen molar-refractivity contribution in [3.05, 3.63) is 71.3 Å². The smallest absolute Gasteiger partial charge is 0.113 e. The lowest BCUT2D eigenvalue weighted by molar-refractivity contribution is 0.0862. The van der Waals surface area contributed by atoms with Crippen molar-refractivity contribution < 1.29 is 19.7 Å². The largest absolute Gasteiger partial charge is 0.468 e. The summed E-state index contributed by atoms with van der Waals surface area (Å²) in [4.78, 5) is 0. The van der Waals surface area contributed by atoms with Gasteiger partial charge in [-0.1, -0.05) is 70.1 Å². The first-order valence-electron chi connectivity index (χ1n) is 16.1. The van der Waals surface area contributed by atoms with Gasteiger partial charge in [0.1, 0.15) is 5.76 Å². The molecule has 0 aromatic carbocycles. The number of allylic oxidation sites excluding steroid dienone is 4. The molecule has 4 aliphatic carbocycles. The van der Waals surface area contributed by atoms with E-state index in [1.807, 2.05) is 6.26 Å². The highest BCUT2D eigenvalue weighted by Crippen LogP contribution is 2.60. The molecule has 220 valence electrons. The average molecular weight is 549 g/mol. The van der Waals surface area contributed by atoms with Gasteiger partial charge < -0.3 is 19.7 Å². The minimum absolute atomic E-state index is 0.236. The van der Waals surface area contributed by atoms with Crippen molar-refractivity contribution in [2.45, 2.75) is 128 Å². The third-order valence-electron chi connectivity index (χ3n) is 11.1. The molecule has 0 bridgehead atoms. The molecule has 4 heteroatoms. The summed E-state index contributed by atoms with van der Waals surface area (Å²) in [7, 11) is 0. The summed E-state index contributed by atoms with van der Waals surface area (Å²) in [5, 5.41) is 31.7. The molecule has 4 nitrogen and oxygen atoms in total. The normalized spacial score (nSPS) is 35.4. The van der Waals surface area contributed by atoms with Gasteiger partial charge in [-0.25, -0.2) is 0 Å². The Bertz CT molecular complexity index is 1130. The second-order valence-corrected chi connectivity index (χ2v) is 13.8. The number of aliphatic hydroxyl groups is 3. The molecule has 1 aromatic heterocycles. The number of furan rings is 1. The van der Waals surface area contributed by atoms with Crippen LogP contribution in [0.4, 0.5) is 0 Å². The highest BCUT2D eigenvalue weighted by atomic mass is 16.3. The molecule has 4 aliphatic rings. The number of fused-ring (bicyclic) bond motifs is 1. The fourth-order valence-electron chi connectivity index (χ4n) is 8.38. The van der Waals surface area contributed by atoms with E-state index in [2.05, 4.69) is 57.7 Å². The first-order chi connectivity index (χ1) is 19.2. The molecule has 0 aliphatic heterocycles. The minimum atomic E-state index is -0.640. The molecule has 1 heterocycles. The maximum absolute atomic E-state index is 11.3. The third kappa shape index (κ3) is 5.87. The Hall–Kier alpha value is -1.88. The lowest BCUT2D eigenvalue weighted by Gasteiger charge is -2.44. The van der Waals surface area contributed by atoms with E-state index in [-0.39, 0.29) is 10.8 Å². The second kappa shape index (κ2) is 12.2. The fourth-order valence-corrected chi connectivity index (χ4v) is 8.38. The van der Waals surface area contributed by atoms with E-state index in [9.17, 15) is 15.3 Å². The van der Waals surface area contributed by atoms with Crippen LogP contribution >= 0.6 is 0 Å². The van der Waals surface area contributed by atoms with Crippen LogP contribution in [0.5, 0.6) is 0 Å². The maximum atomic E-state index is 11.3. The molecule has 4 saturated carbocycles. The van der Waals surface area contributed by atoms with Crippen LogP contribution in [0.2, 0.25) is 0 Å². The maximum Gasteiger partial charge on any atom is 0.113 e. The Morgan fingerprint density at radius 1 is 1.12 bits per heavy atom. The van der Waals surface area contributed by atoms with Crippen LogP contribution in [-0.4, -0.2) is 33.6 Å². The van der Waals surface area contributed by atoms with Gasteiger partial charge >= 0.3 is 0 Å². The quantitative estimate of drug-likeness (QED) is 0.207. The monoisotopic (exact) mass is 548 g/mol. The molecule has 1 aromatic rings. The molecule has 5 rings (SSSR count). The molecule has 0 saturated heterocycles. The number of aliphatic hydroxyl groups excluding tert-OH is 3. The Morgan fingerprint density at radius 3 is 2.67 bits per heavy atom. The van der Waals surface area contributed by atoms with Gasteiger partial charge in [-0.3, -0.25) is 0 Å². The summed E-state index contributed by atoms with van der Waals surface area (Å²) in [6.45, 7) is 11.2. The van der Waals surface area contributed by atoms with E-state index in [0.29, 0.717) is 30.6 Å². The van der Waals surface area contributed by atoms with Gasteiger partial charge in [0.15, 0.2) is 0 Å². The topological polar surface area (TPSA) is 73.8 Å². The Labute approximate surface area is 242 Å². The van der Waals surface area contributed by atoms with Crippen molar-refractivity contribution in [1.82, 2.24) is 0 Å². The van der Waals surface area contributed by atoms with E-state index in [1.54, 1.807) is 0 Å². The van der Waals surface area contributed by atoms with Gasteiger partial charge in [0.25, 0.3) is 0 Å². The van der Waals surface area contributed by atoms with E-state index >= 15 is 0 Å². The predicted molar refractivity (Wildman–Crippen MR) is 162 cm³/mol. The first kappa shape index (κ1) is 29.6. The van der Waals surface area contributed by atoms with E-state index < -0.39 is 18.3 Å². The molecule has 40 heavy (non-hydrogen) atoms. The predicted octanol–water partition coefficient (Wildman–Crippen LogP) is 7.74. The molecule has 0 amide bonds. The number of aryl methyl sites for hydroxylation is 1. The molecular formula is C36H52O4. The molecule has 3 N–H and O–H groups in total. The zero-order valence-corrected chi connectivity index (χ0v) is 25.1. The van der Waals surface area contributed by atoms with Gasteiger partial charge in [-0.2, -0.15) is 0 Å². The van der Waals surface area contributed by atoms with Crippen LogP contribution in [0.1, 0.15) is 109 Å². The zero-order valence-electron chi connectivity index (χ0n) is 25.1. The van der Waals surface area contributed by atoms with Gasteiger partial charge in [-0.15, -0.1) is 0 Å². The summed E-state index contributed by atoms with van der Waals surface area (Å²) in [6, 6.07) is 2.20. The van der Waals surface area contributed by atoms with Crippen LogP contribution in [-0.2, 0) is 11.8 Å². The van der Waals surface area contributed by atoms with Crippen LogP contribution in [0.25, 0.3) is 0 Å². The van der Waals surface area contributed by atoms with E-state index in [1.165, 1.54) is 56.1 Å². The Kier molecular flexibility index (Phi) is 9.00. The van der Waals surface area contributed by atoms with Crippen molar-refractivity contribution in [2.24, 2.45) is 23.2 Å². The van der Waals surface area contributed by atoms with E-state index in [4.69, 9.17) is 4.42 Å². The van der Waals surface area contributed by atoms with Gasteiger partial charge in [-0.05, 0) is 110 Å². The van der Waals surface area contributed by atoms with Crippen molar-refractivity contribution in [1.29, 1.82) is 0 Å². The van der Waals surface area contributed by atoms with Crippen molar-refractivity contribution in [3.8, 4) is 0 Å². The molecule has 0 spiro atoms. The lowest BCUT2D eigenvalue weighted by atomic mass is 9.61. The van der Waals surface area contributed by atoms with E-state index in [0.717, 1.165) is 42.6 Å². The summed E-state index contributed by atoms with van der Waals surface area (Å²) in [5.41, 5.74) is 4.56. The number of hydrogen-bond donors (Lipinski definition) is 3. The van der Waals surface area contributed by atoms with Gasteiger partial charge in [0.2, 0.25) is 0 Å².